The number of aromatic nitrogens is 1. The summed E-state index contributed by atoms with van der Waals surface area (Å²) in [6, 6.07) is 2.15. The summed E-state index contributed by atoms with van der Waals surface area (Å²) in [5, 5.41) is 3.96. The minimum atomic E-state index is 0.251. The molecule has 0 aliphatic heterocycles. The summed E-state index contributed by atoms with van der Waals surface area (Å²) < 4.78 is 0. The van der Waals surface area contributed by atoms with Crippen LogP contribution in [0.25, 0.3) is 0 Å². The molecule has 1 heterocycles. The van der Waals surface area contributed by atoms with Gasteiger partial charge in [-0.05, 0) is 33.9 Å². The van der Waals surface area contributed by atoms with Crippen molar-refractivity contribution in [3.63, 3.8) is 0 Å². The summed E-state index contributed by atoms with van der Waals surface area (Å²) in [6.07, 6.45) is 0. The predicted molar refractivity (Wildman–Crippen MR) is 56.2 cm³/mol. The van der Waals surface area contributed by atoms with E-state index >= 15 is 0 Å². The zero-order chi connectivity index (χ0) is 10.0. The third-order valence-corrected chi connectivity index (χ3v) is 2.51. The fourth-order valence-corrected chi connectivity index (χ4v) is 1.91. The van der Waals surface area contributed by atoms with E-state index in [2.05, 4.69) is 17.2 Å². The zero-order valence-corrected chi connectivity index (χ0v) is 9.24. The Morgan fingerprint density at radius 2 is 2.08 bits per heavy atom. The number of hydrogen-bond acceptors (Lipinski definition) is 2. The van der Waals surface area contributed by atoms with Crippen molar-refractivity contribution in [2.75, 3.05) is 7.05 Å². The standard InChI is InChI=1S/C10H15ClN2/c1-6-5-9(11)10(7(2)12-4)8(3)13-6/h5,7,12H,1-4H3/t7-/m1/s1. The Morgan fingerprint density at radius 3 is 2.54 bits per heavy atom. The molecule has 0 amide bonds. The summed E-state index contributed by atoms with van der Waals surface area (Å²) in [6.45, 7) is 6.01. The van der Waals surface area contributed by atoms with Crippen LogP contribution in [0.5, 0.6) is 0 Å². The number of halogens is 1. The maximum absolute atomic E-state index is 6.13. The molecule has 72 valence electrons. The third kappa shape index (κ3) is 2.20. The molecule has 0 unspecified atom stereocenters. The van der Waals surface area contributed by atoms with E-state index in [0.717, 1.165) is 22.0 Å². The Morgan fingerprint density at radius 1 is 1.46 bits per heavy atom. The van der Waals surface area contributed by atoms with Crippen molar-refractivity contribution in [2.24, 2.45) is 0 Å². The summed E-state index contributed by atoms with van der Waals surface area (Å²) >= 11 is 6.13. The van der Waals surface area contributed by atoms with Gasteiger partial charge >= 0.3 is 0 Å². The van der Waals surface area contributed by atoms with Gasteiger partial charge in [0.1, 0.15) is 0 Å². The van der Waals surface area contributed by atoms with Gasteiger partial charge in [-0.3, -0.25) is 4.98 Å². The van der Waals surface area contributed by atoms with E-state index in [1.54, 1.807) is 0 Å². The van der Waals surface area contributed by atoms with Crippen LogP contribution in [0.1, 0.15) is 29.9 Å². The van der Waals surface area contributed by atoms with E-state index in [4.69, 9.17) is 11.6 Å². The highest BCUT2D eigenvalue weighted by Gasteiger charge is 2.11. The quantitative estimate of drug-likeness (QED) is 0.791. The van der Waals surface area contributed by atoms with E-state index in [9.17, 15) is 0 Å². The Labute approximate surface area is 84.3 Å². The predicted octanol–water partition coefficient (Wildman–Crippen LogP) is 2.63. The van der Waals surface area contributed by atoms with Crippen molar-refractivity contribution in [1.29, 1.82) is 0 Å². The fourth-order valence-electron chi connectivity index (χ4n) is 1.46. The van der Waals surface area contributed by atoms with Crippen molar-refractivity contribution < 1.29 is 0 Å². The van der Waals surface area contributed by atoms with Crippen LogP contribution in [0, 0.1) is 13.8 Å². The zero-order valence-electron chi connectivity index (χ0n) is 8.48. The fraction of sp³-hybridized carbons (Fsp3) is 0.500. The first-order valence-corrected chi connectivity index (χ1v) is 4.75. The minimum absolute atomic E-state index is 0.251. The summed E-state index contributed by atoms with van der Waals surface area (Å²) in [7, 11) is 1.92. The molecule has 0 saturated carbocycles. The van der Waals surface area contributed by atoms with Crippen molar-refractivity contribution in [3.8, 4) is 0 Å². The van der Waals surface area contributed by atoms with Crippen LogP contribution >= 0.6 is 11.6 Å². The van der Waals surface area contributed by atoms with Crippen LogP contribution < -0.4 is 5.32 Å². The molecule has 0 aliphatic rings. The molecule has 0 radical (unpaired) electrons. The number of nitrogens with zero attached hydrogens (tertiary/aromatic N) is 1. The lowest BCUT2D eigenvalue weighted by Crippen LogP contribution is -2.15. The largest absolute Gasteiger partial charge is 0.313 e. The maximum atomic E-state index is 6.13. The Balaban J connectivity index is 3.20. The van der Waals surface area contributed by atoms with Crippen LogP contribution in [0.2, 0.25) is 5.02 Å². The van der Waals surface area contributed by atoms with Crippen LogP contribution in [-0.4, -0.2) is 12.0 Å². The molecule has 1 aromatic rings. The molecule has 1 aromatic heterocycles. The van der Waals surface area contributed by atoms with E-state index < -0.39 is 0 Å². The lowest BCUT2D eigenvalue weighted by atomic mass is 10.1. The van der Waals surface area contributed by atoms with E-state index in [-0.39, 0.29) is 6.04 Å². The van der Waals surface area contributed by atoms with Gasteiger partial charge in [-0.15, -0.1) is 0 Å². The maximum Gasteiger partial charge on any atom is 0.0489 e. The number of nitrogens with one attached hydrogen (secondary N) is 1. The van der Waals surface area contributed by atoms with Gasteiger partial charge in [0.25, 0.3) is 0 Å². The first-order valence-electron chi connectivity index (χ1n) is 4.37. The van der Waals surface area contributed by atoms with Gasteiger partial charge in [0.15, 0.2) is 0 Å². The normalized spacial score (nSPS) is 13.0. The highest BCUT2D eigenvalue weighted by molar-refractivity contribution is 6.31. The van der Waals surface area contributed by atoms with Crippen molar-refractivity contribution >= 4 is 11.6 Å². The van der Waals surface area contributed by atoms with Crippen LogP contribution in [0.15, 0.2) is 6.07 Å². The molecule has 3 heteroatoms. The molecular formula is C10H15ClN2. The third-order valence-electron chi connectivity index (χ3n) is 2.19. The highest BCUT2D eigenvalue weighted by Crippen LogP contribution is 2.25. The summed E-state index contributed by atoms with van der Waals surface area (Å²) in [4.78, 5) is 4.38. The molecule has 0 saturated heterocycles. The topological polar surface area (TPSA) is 24.9 Å². The second kappa shape index (κ2) is 4.07. The average Bonchev–Trinajstić information content (AvgIpc) is 2.02. The van der Waals surface area contributed by atoms with Gasteiger partial charge in [-0.2, -0.15) is 0 Å². The first-order chi connectivity index (χ1) is 6.06. The highest BCUT2D eigenvalue weighted by atomic mass is 35.5. The number of hydrogen-bond donors (Lipinski definition) is 1. The number of aryl methyl sites for hydroxylation is 2. The van der Waals surface area contributed by atoms with Crippen molar-refractivity contribution in [1.82, 2.24) is 10.3 Å². The lowest BCUT2D eigenvalue weighted by molar-refractivity contribution is 0.644. The minimum Gasteiger partial charge on any atom is -0.313 e. The Hall–Kier alpha value is -0.600. The molecule has 2 nitrogen and oxygen atoms in total. The van der Waals surface area contributed by atoms with Crippen LogP contribution in [-0.2, 0) is 0 Å². The van der Waals surface area contributed by atoms with Gasteiger partial charge < -0.3 is 5.32 Å². The van der Waals surface area contributed by atoms with Crippen LogP contribution in [0.4, 0.5) is 0 Å². The van der Waals surface area contributed by atoms with E-state index in [1.165, 1.54) is 0 Å². The van der Waals surface area contributed by atoms with Crippen molar-refractivity contribution in [2.45, 2.75) is 26.8 Å². The molecule has 1 N–H and O–H groups in total. The smallest absolute Gasteiger partial charge is 0.0489 e. The molecule has 0 fully saturated rings. The Kier molecular flexibility index (Phi) is 3.28. The monoisotopic (exact) mass is 198 g/mol. The molecule has 1 rings (SSSR count). The van der Waals surface area contributed by atoms with Gasteiger partial charge in [0, 0.05) is 28.0 Å². The summed E-state index contributed by atoms with van der Waals surface area (Å²) in [5.41, 5.74) is 3.07. The molecule has 13 heavy (non-hydrogen) atoms. The van der Waals surface area contributed by atoms with Crippen LogP contribution in [0.3, 0.4) is 0 Å². The number of rotatable bonds is 2. The molecule has 0 aliphatic carbocycles. The Bertz CT molecular complexity index is 287. The van der Waals surface area contributed by atoms with Crippen molar-refractivity contribution in [3.05, 3.63) is 28.0 Å². The van der Waals surface area contributed by atoms with Gasteiger partial charge in [-0.25, -0.2) is 0 Å². The molecular weight excluding hydrogens is 184 g/mol. The first kappa shape index (κ1) is 10.5. The average molecular weight is 199 g/mol. The van der Waals surface area contributed by atoms with Gasteiger partial charge in [0.05, 0.1) is 0 Å². The molecule has 0 bridgehead atoms. The van der Waals surface area contributed by atoms with E-state index in [1.807, 2.05) is 27.0 Å². The second-order valence-corrected chi connectivity index (χ2v) is 3.66. The van der Waals surface area contributed by atoms with Gasteiger partial charge in [-0.1, -0.05) is 11.6 Å². The molecule has 0 spiro atoms. The van der Waals surface area contributed by atoms with Gasteiger partial charge in [0.2, 0.25) is 0 Å². The summed E-state index contributed by atoms with van der Waals surface area (Å²) in [5.74, 6) is 0. The number of pyridine rings is 1. The lowest BCUT2D eigenvalue weighted by Gasteiger charge is -2.15. The SMILES string of the molecule is CN[C@H](C)c1c(Cl)cc(C)nc1C. The molecule has 1 atom stereocenters. The molecule has 0 aromatic carbocycles. The van der Waals surface area contributed by atoms with E-state index in [0.29, 0.717) is 0 Å². The second-order valence-electron chi connectivity index (χ2n) is 3.25.